The molecule has 1 aromatic heterocycles. The van der Waals surface area contributed by atoms with Crippen molar-refractivity contribution in [2.75, 3.05) is 0 Å². The molecule has 0 atom stereocenters. The summed E-state index contributed by atoms with van der Waals surface area (Å²) in [5.74, 6) is -0.0486. The molecule has 34 heavy (non-hydrogen) atoms. The first kappa shape index (κ1) is 24.4. The number of aromatic nitrogens is 3. The van der Waals surface area contributed by atoms with E-state index in [-0.39, 0.29) is 28.8 Å². The molecule has 0 bridgehead atoms. The molecule has 0 spiro atoms. The van der Waals surface area contributed by atoms with Gasteiger partial charge in [-0.25, -0.2) is 18.1 Å². The van der Waals surface area contributed by atoms with Crippen LogP contribution in [0.5, 0.6) is 6.01 Å². The monoisotopic (exact) mass is 512 g/mol. The fraction of sp³-hybridized carbons (Fsp3) is 0.318. The first-order valence-electron chi connectivity index (χ1n) is 10.4. The van der Waals surface area contributed by atoms with Gasteiger partial charge in [0, 0.05) is 17.7 Å². The van der Waals surface area contributed by atoms with Gasteiger partial charge in [-0.15, -0.1) is 0 Å². The minimum absolute atomic E-state index is 0.00658. The molecule has 2 N–H and O–H groups in total. The molecule has 0 unspecified atom stereocenters. The topological polar surface area (TPSA) is 105 Å². The molecule has 1 fully saturated rings. The molecule has 1 aliphatic rings. The van der Waals surface area contributed by atoms with Gasteiger partial charge in [-0.05, 0) is 42.7 Å². The third-order valence-electron chi connectivity index (χ3n) is 5.58. The number of nitrogens with zero attached hydrogens (tertiary/aromatic N) is 3. The van der Waals surface area contributed by atoms with Crippen molar-refractivity contribution in [1.29, 1.82) is 0 Å². The summed E-state index contributed by atoms with van der Waals surface area (Å²) >= 11 is 6.30. The maximum absolute atomic E-state index is 12.8. The zero-order valence-electron chi connectivity index (χ0n) is 17.7. The normalized spacial score (nSPS) is 15.1. The van der Waals surface area contributed by atoms with Crippen molar-refractivity contribution < 1.29 is 26.7 Å². The van der Waals surface area contributed by atoms with E-state index in [9.17, 15) is 26.7 Å². The average Bonchev–Trinajstić information content (AvgIpc) is 3.34. The van der Waals surface area contributed by atoms with E-state index in [4.69, 9.17) is 11.6 Å². The first-order chi connectivity index (χ1) is 16.0. The van der Waals surface area contributed by atoms with E-state index >= 15 is 0 Å². The molecule has 0 amide bonds. The Morgan fingerprint density at radius 1 is 1.00 bits per heavy atom. The van der Waals surface area contributed by atoms with E-state index < -0.39 is 33.0 Å². The van der Waals surface area contributed by atoms with E-state index in [1.807, 2.05) is 0 Å². The van der Waals surface area contributed by atoms with E-state index in [0.717, 1.165) is 25.0 Å². The molecular formula is C22H20ClF3N4O3S. The average molecular weight is 513 g/mol. The Labute approximate surface area is 199 Å². The van der Waals surface area contributed by atoms with Crippen LogP contribution in [0.15, 0.2) is 42.5 Å². The first-order valence-corrected chi connectivity index (χ1v) is 12.4. The lowest BCUT2D eigenvalue weighted by Gasteiger charge is -2.13. The largest absolute Gasteiger partial charge is 0.479 e. The summed E-state index contributed by atoms with van der Waals surface area (Å²) in [7, 11) is -3.45. The molecule has 3 aromatic rings. The molecule has 0 radical (unpaired) electrons. The van der Waals surface area contributed by atoms with Crippen molar-refractivity contribution in [1.82, 2.24) is 19.7 Å². The summed E-state index contributed by atoms with van der Waals surface area (Å²) in [4.78, 5) is 11.9. The van der Waals surface area contributed by atoms with Crippen LogP contribution in [0.4, 0.5) is 13.2 Å². The van der Waals surface area contributed by atoms with Crippen LogP contribution in [0.2, 0.25) is 5.02 Å². The van der Waals surface area contributed by atoms with Crippen molar-refractivity contribution in [3.05, 3.63) is 58.6 Å². The number of sulfonamides is 1. The molecule has 1 aliphatic carbocycles. The predicted molar refractivity (Wildman–Crippen MR) is 120 cm³/mol. The minimum Gasteiger partial charge on any atom is -0.479 e. The van der Waals surface area contributed by atoms with Crippen LogP contribution in [-0.4, -0.2) is 33.7 Å². The van der Waals surface area contributed by atoms with Crippen LogP contribution < -0.4 is 4.72 Å². The number of aromatic hydroxyl groups is 1. The van der Waals surface area contributed by atoms with Gasteiger partial charge in [-0.2, -0.15) is 23.1 Å². The highest BCUT2D eigenvalue weighted by molar-refractivity contribution is 7.90. The van der Waals surface area contributed by atoms with E-state index in [1.165, 1.54) is 12.1 Å². The second-order valence-electron chi connectivity index (χ2n) is 7.94. The van der Waals surface area contributed by atoms with E-state index in [2.05, 4.69) is 19.7 Å². The number of rotatable bonds is 6. The fourth-order valence-electron chi connectivity index (χ4n) is 3.78. The molecule has 1 heterocycles. The Hall–Kier alpha value is -2.76. The van der Waals surface area contributed by atoms with Crippen LogP contribution in [0.25, 0.3) is 22.8 Å². The van der Waals surface area contributed by atoms with Gasteiger partial charge in [0.2, 0.25) is 10.0 Å². The van der Waals surface area contributed by atoms with E-state index in [1.54, 1.807) is 18.2 Å². The third kappa shape index (κ3) is 5.48. The van der Waals surface area contributed by atoms with Crippen molar-refractivity contribution in [3.63, 3.8) is 0 Å². The fourth-order valence-corrected chi connectivity index (χ4v) is 5.54. The van der Waals surface area contributed by atoms with Gasteiger partial charge >= 0.3 is 12.2 Å². The summed E-state index contributed by atoms with van der Waals surface area (Å²) in [6, 6.07) is 8.32. The SMILES string of the molecule is O=S(=O)(NCc1ccc(Cl)c(-c2nc(O)nc(-c3ccc(C(F)(F)F)cc3)n2)c1)C1CCCC1. The zero-order valence-corrected chi connectivity index (χ0v) is 19.3. The molecular weight excluding hydrogens is 493 g/mol. The van der Waals surface area contributed by atoms with Crippen LogP contribution >= 0.6 is 11.6 Å². The van der Waals surface area contributed by atoms with Gasteiger partial charge in [0.1, 0.15) is 0 Å². The minimum atomic E-state index is -4.49. The maximum atomic E-state index is 12.8. The third-order valence-corrected chi connectivity index (χ3v) is 7.81. The van der Waals surface area contributed by atoms with Crippen molar-refractivity contribution >= 4 is 21.6 Å². The molecule has 12 heteroatoms. The summed E-state index contributed by atoms with van der Waals surface area (Å²) in [6.07, 6.45) is -1.43. The Kier molecular flexibility index (Phi) is 6.79. The van der Waals surface area contributed by atoms with Crippen molar-refractivity contribution in [2.45, 2.75) is 43.7 Å². The number of nitrogens with one attached hydrogen (secondary N) is 1. The van der Waals surface area contributed by atoms with Crippen molar-refractivity contribution in [3.8, 4) is 28.8 Å². The maximum Gasteiger partial charge on any atom is 0.416 e. The Balaban J connectivity index is 1.61. The number of benzene rings is 2. The van der Waals surface area contributed by atoms with Crippen molar-refractivity contribution in [2.24, 2.45) is 0 Å². The molecule has 1 saturated carbocycles. The zero-order chi connectivity index (χ0) is 24.5. The second-order valence-corrected chi connectivity index (χ2v) is 10.4. The van der Waals surface area contributed by atoms with E-state index in [0.29, 0.717) is 24.0 Å². The highest BCUT2D eigenvalue weighted by atomic mass is 35.5. The molecule has 7 nitrogen and oxygen atoms in total. The van der Waals surface area contributed by atoms with Gasteiger partial charge in [-0.1, -0.05) is 42.6 Å². The lowest BCUT2D eigenvalue weighted by atomic mass is 10.1. The summed E-state index contributed by atoms with van der Waals surface area (Å²) in [5, 5.41) is 9.86. The molecule has 0 aliphatic heterocycles. The summed E-state index contributed by atoms with van der Waals surface area (Å²) < 4.78 is 66.1. The molecule has 180 valence electrons. The Morgan fingerprint density at radius 3 is 2.29 bits per heavy atom. The molecule has 0 saturated heterocycles. The molecule has 2 aromatic carbocycles. The van der Waals surface area contributed by atoms with Crippen LogP contribution in [0.3, 0.4) is 0 Å². The predicted octanol–water partition coefficient (Wildman–Crippen LogP) is 4.95. The molecule has 4 rings (SSSR count). The Morgan fingerprint density at radius 2 is 1.65 bits per heavy atom. The summed E-state index contributed by atoms with van der Waals surface area (Å²) in [5.41, 5.74) is 0.316. The highest BCUT2D eigenvalue weighted by Crippen LogP contribution is 2.32. The van der Waals surface area contributed by atoms with Gasteiger partial charge in [-0.3, -0.25) is 0 Å². The lowest BCUT2D eigenvalue weighted by Crippen LogP contribution is -2.32. The van der Waals surface area contributed by atoms with Gasteiger partial charge in [0.05, 0.1) is 15.8 Å². The standard InChI is InChI=1S/C22H20ClF3N4O3S/c23-18-10-5-13(12-27-34(32,33)16-3-1-2-4-16)11-17(18)20-28-19(29-21(31)30-20)14-6-8-15(9-7-14)22(24,25)26/h5-11,16,27H,1-4,12H2,(H,28,29,30,31). The van der Waals surface area contributed by atoms with Crippen LogP contribution in [0, 0.1) is 0 Å². The van der Waals surface area contributed by atoms with Gasteiger partial charge in [0.25, 0.3) is 0 Å². The van der Waals surface area contributed by atoms with Gasteiger partial charge in [0.15, 0.2) is 11.6 Å². The summed E-state index contributed by atoms with van der Waals surface area (Å²) in [6.45, 7) is 0.0336. The Bertz CT molecular complexity index is 1300. The van der Waals surface area contributed by atoms with Crippen LogP contribution in [0.1, 0.15) is 36.8 Å². The van der Waals surface area contributed by atoms with Crippen LogP contribution in [-0.2, 0) is 22.7 Å². The number of halogens is 4. The number of hydrogen-bond acceptors (Lipinski definition) is 6. The lowest BCUT2D eigenvalue weighted by molar-refractivity contribution is -0.137. The second kappa shape index (κ2) is 9.47. The number of alkyl halides is 3. The highest BCUT2D eigenvalue weighted by Gasteiger charge is 2.30. The van der Waals surface area contributed by atoms with Gasteiger partial charge < -0.3 is 5.11 Å². The smallest absolute Gasteiger partial charge is 0.416 e. The number of hydrogen-bond donors (Lipinski definition) is 2. The quantitative estimate of drug-likeness (QED) is 0.484.